The minimum atomic E-state index is -1.05. The molecule has 8 nitrogen and oxygen atoms in total. The van der Waals surface area contributed by atoms with E-state index in [-0.39, 0.29) is 26.2 Å². The summed E-state index contributed by atoms with van der Waals surface area (Å²) in [6, 6.07) is 0. The number of carbonyl (C=O) groups is 1. The molecule has 0 saturated heterocycles. The molecule has 100 valence electrons. The zero-order chi connectivity index (χ0) is 14.0. The van der Waals surface area contributed by atoms with Gasteiger partial charge in [-0.05, 0) is 7.05 Å². The number of hydrogen-bond acceptors (Lipinski definition) is 7. The number of nitrogens with zero attached hydrogens (tertiary/aromatic N) is 3. The van der Waals surface area contributed by atoms with Crippen LogP contribution in [-0.4, -0.2) is 74.1 Å². The van der Waals surface area contributed by atoms with E-state index in [2.05, 4.69) is 9.98 Å². The lowest BCUT2D eigenvalue weighted by Crippen LogP contribution is -2.56. The average Bonchev–Trinajstić information content (AvgIpc) is 2.32. The second-order valence-corrected chi connectivity index (χ2v) is 3.72. The van der Waals surface area contributed by atoms with Gasteiger partial charge in [0.25, 0.3) is 0 Å². The van der Waals surface area contributed by atoms with Crippen LogP contribution >= 0.6 is 0 Å². The summed E-state index contributed by atoms with van der Waals surface area (Å²) in [6.07, 6.45) is 2.74. The Morgan fingerprint density at radius 2 is 1.83 bits per heavy atom. The molecule has 0 aromatic carbocycles. The molecule has 0 spiro atoms. The van der Waals surface area contributed by atoms with Crippen LogP contribution in [0.25, 0.3) is 0 Å². The number of aliphatic carboxylic acids is 1. The quantitative estimate of drug-likeness (QED) is 0.422. The number of likely N-dealkylation sites (N-methyl/N-ethyl adjacent to an activating group) is 1. The molecule has 0 aromatic heterocycles. The summed E-state index contributed by atoms with van der Waals surface area (Å²) in [7, 11) is 2.94. The number of rotatable bonds is 9. The van der Waals surface area contributed by atoms with Crippen molar-refractivity contribution in [2.75, 3.05) is 40.4 Å². The van der Waals surface area contributed by atoms with Crippen LogP contribution in [0.1, 0.15) is 0 Å². The van der Waals surface area contributed by atoms with Gasteiger partial charge in [-0.2, -0.15) is 0 Å². The molecule has 0 saturated carbocycles. The Bertz CT molecular complexity index is 352. The fourth-order valence-corrected chi connectivity index (χ4v) is 1.49. The summed E-state index contributed by atoms with van der Waals surface area (Å²) in [5.41, 5.74) is -0.984. The van der Waals surface area contributed by atoms with Crippen molar-refractivity contribution in [3.05, 3.63) is 0 Å². The van der Waals surface area contributed by atoms with Gasteiger partial charge >= 0.3 is 5.97 Å². The minimum Gasteiger partial charge on any atom is -0.480 e. The highest BCUT2D eigenvalue weighted by molar-refractivity contribution is 5.69. The van der Waals surface area contributed by atoms with Crippen molar-refractivity contribution in [1.82, 2.24) is 4.90 Å². The van der Waals surface area contributed by atoms with Crippen LogP contribution in [0.3, 0.4) is 0 Å². The van der Waals surface area contributed by atoms with Crippen LogP contribution in [0.5, 0.6) is 0 Å². The fraction of sp³-hybridized carbons (Fsp3) is 0.700. The van der Waals surface area contributed by atoms with E-state index in [9.17, 15) is 14.4 Å². The summed E-state index contributed by atoms with van der Waals surface area (Å²) >= 11 is 0. The topological polar surface area (TPSA) is 109 Å². The van der Waals surface area contributed by atoms with E-state index in [0.717, 1.165) is 0 Å². The Hall–Kier alpha value is -1.85. The Labute approximate surface area is 104 Å². The number of isocyanates is 2. The molecule has 0 atom stereocenters. The van der Waals surface area contributed by atoms with Gasteiger partial charge in [0, 0.05) is 7.11 Å². The van der Waals surface area contributed by atoms with Gasteiger partial charge in [-0.3, -0.25) is 9.69 Å². The van der Waals surface area contributed by atoms with Crippen molar-refractivity contribution in [3.63, 3.8) is 0 Å². The van der Waals surface area contributed by atoms with Gasteiger partial charge in [0.1, 0.15) is 0 Å². The predicted molar refractivity (Wildman–Crippen MR) is 60.8 cm³/mol. The van der Waals surface area contributed by atoms with E-state index in [0.29, 0.717) is 0 Å². The van der Waals surface area contributed by atoms with E-state index in [1.807, 2.05) is 0 Å². The van der Waals surface area contributed by atoms with E-state index < -0.39 is 11.5 Å². The number of carbonyl (C=O) groups excluding carboxylic acids is 2. The van der Waals surface area contributed by atoms with Crippen molar-refractivity contribution in [3.8, 4) is 0 Å². The van der Waals surface area contributed by atoms with E-state index in [4.69, 9.17) is 9.84 Å². The highest BCUT2D eigenvalue weighted by Crippen LogP contribution is 2.16. The third-order valence-electron chi connectivity index (χ3n) is 2.47. The molecule has 1 N–H and O–H groups in total. The van der Waals surface area contributed by atoms with Crippen LogP contribution < -0.4 is 0 Å². The number of carboxylic acids is 1. The molecule has 0 radical (unpaired) electrons. The van der Waals surface area contributed by atoms with Crippen LogP contribution in [-0.2, 0) is 19.1 Å². The molecule has 0 fully saturated rings. The van der Waals surface area contributed by atoms with E-state index in [1.54, 1.807) is 0 Å². The number of carboxylic acid groups (broad SMARTS) is 1. The lowest BCUT2D eigenvalue weighted by Gasteiger charge is -2.37. The van der Waals surface area contributed by atoms with Gasteiger partial charge in [0.2, 0.25) is 12.2 Å². The standard InChI is InChI=1S/C10H15N3O5/c1-13(3-9(16)17)10(6-18-2,4-11-7-14)5-12-8-15/h3-6H2,1-2H3,(H,16,17). The molecular formula is C10H15N3O5. The van der Waals surface area contributed by atoms with Gasteiger partial charge in [-0.15, -0.1) is 0 Å². The molecule has 0 aliphatic rings. The van der Waals surface area contributed by atoms with Gasteiger partial charge in [0.05, 0.1) is 31.8 Å². The highest BCUT2D eigenvalue weighted by Gasteiger charge is 2.36. The lowest BCUT2D eigenvalue weighted by molar-refractivity contribution is -0.139. The largest absolute Gasteiger partial charge is 0.480 e. The third-order valence-corrected chi connectivity index (χ3v) is 2.47. The van der Waals surface area contributed by atoms with Crippen molar-refractivity contribution in [2.45, 2.75) is 5.54 Å². The number of aliphatic imine (C=N–C) groups is 2. The van der Waals surface area contributed by atoms with Crippen LogP contribution in [0.15, 0.2) is 9.98 Å². The van der Waals surface area contributed by atoms with Crippen molar-refractivity contribution in [2.24, 2.45) is 9.98 Å². The first-order valence-electron chi connectivity index (χ1n) is 5.01. The zero-order valence-electron chi connectivity index (χ0n) is 10.3. The lowest BCUT2D eigenvalue weighted by atomic mass is 9.98. The van der Waals surface area contributed by atoms with Crippen molar-refractivity contribution < 1.29 is 24.2 Å². The third kappa shape index (κ3) is 4.99. The summed E-state index contributed by atoms with van der Waals surface area (Å²) in [6.45, 7) is -0.377. The van der Waals surface area contributed by atoms with Gasteiger partial charge in [-0.25, -0.2) is 19.6 Å². The molecule has 18 heavy (non-hydrogen) atoms. The Morgan fingerprint density at radius 1 is 1.33 bits per heavy atom. The zero-order valence-corrected chi connectivity index (χ0v) is 10.3. The maximum atomic E-state index is 10.7. The summed E-state index contributed by atoms with van der Waals surface area (Å²) in [5, 5.41) is 8.77. The summed E-state index contributed by atoms with van der Waals surface area (Å²) in [4.78, 5) is 39.4. The SMILES string of the molecule is COCC(CN=C=O)(CN=C=O)N(C)CC(=O)O. The van der Waals surface area contributed by atoms with Crippen molar-refractivity contribution in [1.29, 1.82) is 0 Å². The van der Waals surface area contributed by atoms with Gasteiger partial charge in [0.15, 0.2) is 0 Å². The maximum Gasteiger partial charge on any atom is 0.317 e. The monoisotopic (exact) mass is 257 g/mol. The van der Waals surface area contributed by atoms with Crippen LogP contribution in [0.4, 0.5) is 0 Å². The van der Waals surface area contributed by atoms with E-state index in [1.165, 1.54) is 31.2 Å². The summed E-state index contributed by atoms with van der Waals surface area (Å²) in [5.74, 6) is -1.05. The highest BCUT2D eigenvalue weighted by atomic mass is 16.5. The van der Waals surface area contributed by atoms with Gasteiger partial charge in [-0.1, -0.05) is 0 Å². The Kier molecular flexibility index (Phi) is 7.42. The molecule has 0 aliphatic carbocycles. The molecule has 0 amide bonds. The minimum absolute atomic E-state index is 0.0626. The Morgan fingerprint density at radius 3 is 2.17 bits per heavy atom. The molecule has 0 unspecified atom stereocenters. The normalized spacial score (nSPS) is 13.3. The molecule has 8 heteroatoms. The smallest absolute Gasteiger partial charge is 0.317 e. The Balaban J connectivity index is 5.18. The molecule has 0 aromatic rings. The molecule has 0 aliphatic heterocycles. The first kappa shape index (κ1) is 16.1. The predicted octanol–water partition coefficient (Wildman–Crippen LogP) is -0.940. The molecule has 0 bridgehead atoms. The number of methoxy groups -OCH3 is 1. The first-order valence-corrected chi connectivity index (χ1v) is 5.01. The molecule has 0 rings (SSSR count). The first-order chi connectivity index (χ1) is 8.52. The van der Waals surface area contributed by atoms with Gasteiger partial charge < -0.3 is 9.84 Å². The second-order valence-electron chi connectivity index (χ2n) is 3.72. The molecular weight excluding hydrogens is 242 g/mol. The van der Waals surface area contributed by atoms with E-state index >= 15 is 0 Å². The van der Waals surface area contributed by atoms with Crippen LogP contribution in [0, 0.1) is 0 Å². The number of ether oxygens (including phenoxy) is 1. The second kappa shape index (κ2) is 8.27. The fourth-order valence-electron chi connectivity index (χ4n) is 1.49. The van der Waals surface area contributed by atoms with Crippen molar-refractivity contribution >= 4 is 18.1 Å². The maximum absolute atomic E-state index is 10.7. The van der Waals surface area contributed by atoms with Crippen LogP contribution in [0.2, 0.25) is 0 Å². The number of hydrogen-bond donors (Lipinski definition) is 1. The average molecular weight is 257 g/mol. The molecule has 0 heterocycles. The summed E-state index contributed by atoms with van der Waals surface area (Å²) < 4.78 is 4.99.